The van der Waals surface area contributed by atoms with Gasteiger partial charge < -0.3 is 14.0 Å². The number of hydrogen-bond donors (Lipinski definition) is 0. The lowest BCUT2D eigenvalue weighted by molar-refractivity contribution is -0.127. The molecule has 1 aromatic heterocycles. The minimum Gasteiger partial charge on any atom is -0.462 e. The Hall–Kier alpha value is -1.11. The molecular formula is C13H6Cl5NO4. The maximum absolute atomic E-state index is 12.3. The van der Waals surface area contributed by atoms with Crippen LogP contribution < -0.4 is 4.74 Å². The zero-order chi connectivity index (χ0) is 17.1. The SMILES string of the molecule is CON=C(C(=O)Oc1c(Cl)c(Cl)c(Cl)c(Cl)c1Cl)c1ccco1. The molecule has 0 unspecified atom stereocenters. The lowest BCUT2D eigenvalue weighted by atomic mass is 10.3. The maximum Gasteiger partial charge on any atom is 0.369 e. The standard InChI is InChI=1S/C13H6Cl5NO4/c1-21-19-11(5-3-2-4-22-5)13(20)23-12-9(17)7(15)6(14)8(16)10(12)18/h2-4H,1H3. The van der Waals surface area contributed by atoms with Crippen LogP contribution in [0.15, 0.2) is 28.0 Å². The number of ether oxygens (including phenoxy) is 1. The number of rotatable bonds is 4. The molecule has 2 rings (SSSR count). The number of carbonyl (C=O) groups excluding carboxylic acids is 1. The van der Waals surface area contributed by atoms with Gasteiger partial charge in [-0.3, -0.25) is 0 Å². The van der Waals surface area contributed by atoms with E-state index in [2.05, 4.69) is 9.99 Å². The Kier molecular flexibility index (Phi) is 6.06. The van der Waals surface area contributed by atoms with Gasteiger partial charge in [0.05, 0.1) is 21.3 Å². The largest absolute Gasteiger partial charge is 0.462 e. The molecule has 5 nitrogen and oxygen atoms in total. The first-order chi connectivity index (χ1) is 10.9. The van der Waals surface area contributed by atoms with E-state index in [1.165, 1.54) is 19.4 Å². The van der Waals surface area contributed by atoms with E-state index in [9.17, 15) is 4.79 Å². The monoisotopic (exact) mass is 415 g/mol. The van der Waals surface area contributed by atoms with Gasteiger partial charge in [0.1, 0.15) is 17.2 Å². The van der Waals surface area contributed by atoms with Crippen LogP contribution in [0, 0.1) is 0 Å². The van der Waals surface area contributed by atoms with Gasteiger partial charge in [0.15, 0.2) is 11.5 Å². The summed E-state index contributed by atoms with van der Waals surface area (Å²) in [5.74, 6) is -1.08. The van der Waals surface area contributed by atoms with Crippen LogP contribution >= 0.6 is 58.0 Å². The van der Waals surface area contributed by atoms with Gasteiger partial charge in [-0.2, -0.15) is 0 Å². The highest BCUT2D eigenvalue weighted by molar-refractivity contribution is 6.56. The molecule has 10 heteroatoms. The highest BCUT2D eigenvalue weighted by Crippen LogP contribution is 2.48. The molecule has 0 saturated heterocycles. The third-order valence-electron chi connectivity index (χ3n) is 2.49. The Morgan fingerprint density at radius 2 is 1.61 bits per heavy atom. The first kappa shape index (κ1) is 18.2. The molecule has 1 aromatic carbocycles. The third kappa shape index (κ3) is 3.70. The molecule has 0 N–H and O–H groups in total. The molecule has 0 radical (unpaired) electrons. The number of benzene rings is 1. The minimum absolute atomic E-state index is 0.0556. The van der Waals surface area contributed by atoms with E-state index >= 15 is 0 Å². The van der Waals surface area contributed by atoms with E-state index in [0.717, 1.165) is 0 Å². The molecule has 0 aliphatic heterocycles. The number of nitrogens with zero attached hydrogens (tertiary/aromatic N) is 1. The number of carbonyl (C=O) groups is 1. The molecule has 1 heterocycles. The first-order valence-electron chi connectivity index (χ1n) is 5.77. The van der Waals surface area contributed by atoms with Gasteiger partial charge in [-0.05, 0) is 12.1 Å². The lowest BCUT2D eigenvalue weighted by Gasteiger charge is -2.12. The quantitative estimate of drug-likeness (QED) is 0.165. The van der Waals surface area contributed by atoms with Crippen LogP contribution in [-0.2, 0) is 9.63 Å². The average Bonchev–Trinajstić information content (AvgIpc) is 3.06. The van der Waals surface area contributed by atoms with Crippen LogP contribution in [0.5, 0.6) is 5.75 Å². The Balaban J connectivity index is 2.43. The number of furan rings is 1. The van der Waals surface area contributed by atoms with Crippen LogP contribution in [0.1, 0.15) is 5.76 Å². The van der Waals surface area contributed by atoms with Crippen molar-refractivity contribution in [3.8, 4) is 5.75 Å². The summed E-state index contributed by atoms with van der Waals surface area (Å²) in [7, 11) is 1.26. The second kappa shape index (κ2) is 7.64. The summed E-state index contributed by atoms with van der Waals surface area (Å²) in [6.45, 7) is 0. The van der Waals surface area contributed by atoms with E-state index in [4.69, 9.17) is 67.2 Å². The smallest absolute Gasteiger partial charge is 0.369 e. The van der Waals surface area contributed by atoms with Crippen LogP contribution in [0.3, 0.4) is 0 Å². The summed E-state index contributed by atoms with van der Waals surface area (Å²) in [6.07, 6.45) is 1.35. The van der Waals surface area contributed by atoms with Crippen molar-refractivity contribution < 1.29 is 18.8 Å². The molecule has 2 aromatic rings. The van der Waals surface area contributed by atoms with Crippen molar-refractivity contribution in [3.63, 3.8) is 0 Å². The van der Waals surface area contributed by atoms with Crippen LogP contribution in [0.4, 0.5) is 0 Å². The molecule has 0 bridgehead atoms. The van der Waals surface area contributed by atoms with E-state index in [1.807, 2.05) is 0 Å². The fraction of sp³-hybridized carbons (Fsp3) is 0.0769. The Morgan fingerprint density at radius 1 is 1.04 bits per heavy atom. The molecule has 0 aliphatic carbocycles. The van der Waals surface area contributed by atoms with Crippen molar-refractivity contribution in [2.45, 2.75) is 0 Å². The van der Waals surface area contributed by atoms with Gasteiger partial charge in [0.25, 0.3) is 0 Å². The molecule has 0 spiro atoms. The molecule has 0 fully saturated rings. The van der Waals surface area contributed by atoms with Crippen LogP contribution in [0.25, 0.3) is 0 Å². The van der Waals surface area contributed by atoms with E-state index < -0.39 is 5.97 Å². The normalized spacial score (nSPS) is 11.5. The minimum atomic E-state index is -0.944. The Labute approximate surface area is 155 Å². The number of oxime groups is 1. The third-order valence-corrected chi connectivity index (χ3v) is 4.74. The highest BCUT2D eigenvalue weighted by Gasteiger charge is 2.26. The van der Waals surface area contributed by atoms with Crippen LogP contribution in [-0.4, -0.2) is 18.8 Å². The summed E-state index contributed by atoms with van der Waals surface area (Å²) >= 11 is 29.7. The molecule has 23 heavy (non-hydrogen) atoms. The molecule has 0 saturated carbocycles. The van der Waals surface area contributed by atoms with Crippen molar-refractivity contribution in [2.24, 2.45) is 5.16 Å². The number of hydrogen-bond acceptors (Lipinski definition) is 5. The van der Waals surface area contributed by atoms with E-state index in [-0.39, 0.29) is 42.3 Å². The Bertz CT molecular complexity index is 744. The average molecular weight is 417 g/mol. The number of halogens is 5. The van der Waals surface area contributed by atoms with Crippen molar-refractivity contribution in [3.05, 3.63) is 49.3 Å². The van der Waals surface area contributed by atoms with Crippen molar-refractivity contribution >= 4 is 69.7 Å². The predicted octanol–water partition coefficient (Wildman–Crippen LogP) is 5.50. The second-order valence-electron chi connectivity index (χ2n) is 3.89. The zero-order valence-corrected chi connectivity index (χ0v) is 15.0. The molecular weight excluding hydrogens is 411 g/mol. The van der Waals surface area contributed by atoms with Crippen molar-refractivity contribution in [1.29, 1.82) is 0 Å². The van der Waals surface area contributed by atoms with Gasteiger partial charge in [-0.15, -0.1) is 0 Å². The Morgan fingerprint density at radius 3 is 2.09 bits per heavy atom. The highest BCUT2D eigenvalue weighted by atomic mass is 35.5. The molecule has 0 atom stereocenters. The van der Waals surface area contributed by atoms with Crippen molar-refractivity contribution in [2.75, 3.05) is 7.11 Å². The fourth-order valence-corrected chi connectivity index (χ4v) is 2.70. The molecule has 0 amide bonds. The summed E-state index contributed by atoms with van der Waals surface area (Å²) in [6, 6.07) is 3.05. The van der Waals surface area contributed by atoms with Crippen LogP contribution in [0.2, 0.25) is 25.1 Å². The fourth-order valence-electron chi connectivity index (χ4n) is 1.50. The van der Waals surface area contributed by atoms with Gasteiger partial charge in [0, 0.05) is 0 Å². The summed E-state index contributed by atoms with van der Waals surface area (Å²) in [5.41, 5.74) is -0.244. The first-order valence-corrected chi connectivity index (χ1v) is 7.66. The van der Waals surface area contributed by atoms with Gasteiger partial charge in [-0.25, -0.2) is 4.79 Å². The molecule has 0 aliphatic rings. The van der Waals surface area contributed by atoms with Gasteiger partial charge in [0.2, 0.25) is 5.71 Å². The maximum atomic E-state index is 12.3. The zero-order valence-electron chi connectivity index (χ0n) is 11.2. The lowest BCUT2D eigenvalue weighted by Crippen LogP contribution is -2.22. The summed E-state index contributed by atoms with van der Waals surface area (Å²) < 4.78 is 10.2. The summed E-state index contributed by atoms with van der Waals surface area (Å²) in [5, 5.41) is 2.95. The van der Waals surface area contributed by atoms with Gasteiger partial charge >= 0.3 is 5.97 Å². The predicted molar refractivity (Wildman–Crippen MR) is 89.4 cm³/mol. The van der Waals surface area contributed by atoms with Crippen molar-refractivity contribution in [1.82, 2.24) is 0 Å². The van der Waals surface area contributed by atoms with Gasteiger partial charge in [-0.1, -0.05) is 63.2 Å². The topological polar surface area (TPSA) is 61.0 Å². The number of esters is 1. The van der Waals surface area contributed by atoms with E-state index in [0.29, 0.717) is 0 Å². The summed E-state index contributed by atoms with van der Waals surface area (Å²) in [4.78, 5) is 16.9. The van der Waals surface area contributed by atoms with E-state index in [1.54, 1.807) is 6.07 Å². The second-order valence-corrected chi connectivity index (χ2v) is 5.78. The molecule has 122 valence electrons.